The Balaban J connectivity index is 1.99. The highest BCUT2D eigenvalue weighted by Crippen LogP contribution is 2.30. The lowest BCUT2D eigenvalue weighted by Gasteiger charge is -2.05. The monoisotopic (exact) mass is 394 g/mol. The number of aromatic nitrogens is 1. The summed E-state index contributed by atoms with van der Waals surface area (Å²) in [5.74, 6) is -2.12. The number of ketones is 1. The van der Waals surface area contributed by atoms with Gasteiger partial charge in [-0.15, -0.1) is 11.3 Å². The molecule has 0 bridgehead atoms. The van der Waals surface area contributed by atoms with Gasteiger partial charge in [0.2, 0.25) is 0 Å². The van der Waals surface area contributed by atoms with Crippen molar-refractivity contribution in [2.75, 3.05) is 0 Å². The molecule has 1 heterocycles. The maximum atomic E-state index is 12.8. The highest BCUT2D eigenvalue weighted by Gasteiger charge is 2.28. The Bertz CT molecular complexity index is 1090. The van der Waals surface area contributed by atoms with E-state index in [1.807, 2.05) is 36.4 Å². The van der Waals surface area contributed by atoms with Crippen LogP contribution >= 0.6 is 11.3 Å². The van der Waals surface area contributed by atoms with Gasteiger partial charge < -0.3 is 0 Å². The number of carbonyl (C=O) groups is 1. The van der Waals surface area contributed by atoms with Crippen LogP contribution in [0.1, 0.15) is 21.3 Å². The smallest absolute Gasteiger partial charge is 0.277 e. The first-order valence-electron chi connectivity index (χ1n) is 7.79. The average molecular weight is 394 g/mol. The second-order valence-electron chi connectivity index (χ2n) is 5.62. The van der Waals surface area contributed by atoms with E-state index in [4.69, 9.17) is 0 Å². The van der Waals surface area contributed by atoms with E-state index in [1.54, 1.807) is 5.38 Å². The van der Waals surface area contributed by atoms with Crippen molar-refractivity contribution in [1.29, 1.82) is 5.26 Å². The molecule has 1 unspecified atom stereocenters. The summed E-state index contributed by atoms with van der Waals surface area (Å²) in [6, 6.07) is 13.6. The molecule has 138 valence electrons. The predicted molar refractivity (Wildman–Crippen MR) is 100.0 cm³/mol. The lowest BCUT2D eigenvalue weighted by atomic mass is 9.98. The number of non-ortho nitro benzene ring substituents is 2. The Hall–Kier alpha value is -3.97. The van der Waals surface area contributed by atoms with Gasteiger partial charge in [-0.05, 0) is 0 Å². The van der Waals surface area contributed by atoms with Crippen molar-refractivity contribution in [2.24, 2.45) is 0 Å². The molecule has 0 saturated heterocycles. The molecule has 0 N–H and O–H groups in total. The number of nitro groups is 2. The van der Waals surface area contributed by atoms with Gasteiger partial charge in [-0.3, -0.25) is 25.0 Å². The average Bonchev–Trinajstić information content (AvgIpc) is 3.18. The second-order valence-corrected chi connectivity index (χ2v) is 6.51. The summed E-state index contributed by atoms with van der Waals surface area (Å²) in [7, 11) is 0. The third kappa shape index (κ3) is 3.74. The summed E-state index contributed by atoms with van der Waals surface area (Å²) >= 11 is 1.10. The highest BCUT2D eigenvalue weighted by molar-refractivity contribution is 7.10. The van der Waals surface area contributed by atoms with Crippen LogP contribution in [-0.4, -0.2) is 20.6 Å². The highest BCUT2D eigenvalue weighted by atomic mass is 32.1. The summed E-state index contributed by atoms with van der Waals surface area (Å²) in [4.78, 5) is 37.5. The van der Waals surface area contributed by atoms with Crippen molar-refractivity contribution in [3.8, 4) is 17.3 Å². The molecule has 0 amide bonds. The molecule has 0 aliphatic carbocycles. The van der Waals surface area contributed by atoms with Crippen LogP contribution in [0.2, 0.25) is 0 Å². The Morgan fingerprint density at radius 2 is 1.68 bits per heavy atom. The van der Waals surface area contributed by atoms with Crippen LogP contribution in [0.3, 0.4) is 0 Å². The summed E-state index contributed by atoms with van der Waals surface area (Å²) < 4.78 is 0. The van der Waals surface area contributed by atoms with E-state index in [-0.39, 0.29) is 10.6 Å². The van der Waals surface area contributed by atoms with Gasteiger partial charge >= 0.3 is 0 Å². The summed E-state index contributed by atoms with van der Waals surface area (Å²) in [5, 5.41) is 33.4. The molecule has 0 fully saturated rings. The lowest BCUT2D eigenvalue weighted by molar-refractivity contribution is -0.394. The number of nitrogens with zero attached hydrogens (tertiary/aromatic N) is 4. The van der Waals surface area contributed by atoms with Crippen LogP contribution in [-0.2, 0) is 0 Å². The van der Waals surface area contributed by atoms with Gasteiger partial charge in [0, 0.05) is 28.6 Å². The fourth-order valence-electron chi connectivity index (χ4n) is 2.50. The molecule has 2 aromatic carbocycles. The largest absolute Gasteiger partial charge is 0.292 e. The number of hydrogen-bond donors (Lipinski definition) is 0. The van der Waals surface area contributed by atoms with Crippen LogP contribution in [0.15, 0.2) is 53.9 Å². The molecule has 0 saturated carbocycles. The number of benzene rings is 2. The lowest BCUT2D eigenvalue weighted by Crippen LogP contribution is -2.12. The zero-order chi connectivity index (χ0) is 20.3. The molecule has 0 radical (unpaired) electrons. The second kappa shape index (κ2) is 7.73. The van der Waals surface area contributed by atoms with Crippen molar-refractivity contribution in [2.45, 2.75) is 5.92 Å². The van der Waals surface area contributed by atoms with Crippen molar-refractivity contribution in [3.05, 3.63) is 84.7 Å². The molecule has 0 aliphatic heterocycles. The fourth-order valence-corrected chi connectivity index (χ4v) is 3.37. The first-order chi connectivity index (χ1) is 13.4. The summed E-state index contributed by atoms with van der Waals surface area (Å²) in [6.07, 6.45) is 0. The van der Waals surface area contributed by atoms with Crippen molar-refractivity contribution in [1.82, 2.24) is 4.98 Å². The minimum Gasteiger partial charge on any atom is -0.292 e. The molecule has 3 rings (SSSR count). The summed E-state index contributed by atoms with van der Waals surface area (Å²) in [6.45, 7) is 0. The number of Topliss-reactive ketones (excluding diaryl/α,β-unsaturated/α-hetero) is 1. The van der Waals surface area contributed by atoms with Gasteiger partial charge in [0.1, 0.15) is 5.01 Å². The molecule has 1 aromatic heterocycles. The minimum absolute atomic E-state index is 0.209. The number of thiazole rings is 1. The van der Waals surface area contributed by atoms with E-state index in [0.717, 1.165) is 35.1 Å². The van der Waals surface area contributed by atoms with Crippen LogP contribution < -0.4 is 0 Å². The van der Waals surface area contributed by atoms with Gasteiger partial charge in [-0.2, -0.15) is 5.26 Å². The Kier molecular flexibility index (Phi) is 5.19. The standard InChI is InChI=1S/C18H10N4O5S/c19-9-15(18-20-16(10-28-18)11-4-2-1-3-5-11)17(23)12-6-13(21(24)25)8-14(7-12)22(26)27/h1-8,10,15H. The third-order valence-electron chi connectivity index (χ3n) is 3.84. The van der Waals surface area contributed by atoms with Gasteiger partial charge in [0.05, 0.1) is 27.7 Å². The molecule has 10 heteroatoms. The molecule has 0 aliphatic rings. The predicted octanol–water partition coefficient (Wildman–Crippen LogP) is 4.12. The molecular weight excluding hydrogens is 384 g/mol. The summed E-state index contributed by atoms with van der Waals surface area (Å²) in [5.41, 5.74) is -0.0978. The quantitative estimate of drug-likeness (QED) is 0.348. The maximum absolute atomic E-state index is 12.8. The number of hydrogen-bond acceptors (Lipinski definition) is 8. The SMILES string of the molecule is N#CC(C(=O)c1cc([N+](=O)[O-])cc([N+](=O)[O-])c1)c1nc(-c2ccccc2)cs1. The van der Waals surface area contributed by atoms with Gasteiger partial charge in [-0.25, -0.2) is 4.98 Å². The normalized spacial score (nSPS) is 11.4. The number of rotatable bonds is 6. The minimum atomic E-state index is -1.33. The molecular formula is C18H10N4O5S. The third-order valence-corrected chi connectivity index (χ3v) is 4.75. The van der Waals surface area contributed by atoms with Crippen LogP contribution in [0, 0.1) is 31.6 Å². The van der Waals surface area contributed by atoms with Gasteiger partial charge in [0.25, 0.3) is 11.4 Å². The van der Waals surface area contributed by atoms with Crippen LogP contribution in [0.4, 0.5) is 11.4 Å². The molecule has 1 atom stereocenters. The van der Waals surface area contributed by atoms with Crippen molar-refractivity contribution >= 4 is 28.5 Å². The first-order valence-corrected chi connectivity index (χ1v) is 8.67. The molecule has 9 nitrogen and oxygen atoms in total. The number of carbonyl (C=O) groups excluding carboxylic acids is 1. The zero-order valence-corrected chi connectivity index (χ0v) is 14.8. The van der Waals surface area contributed by atoms with E-state index in [1.165, 1.54) is 0 Å². The Labute approximate surface area is 161 Å². The van der Waals surface area contributed by atoms with Gasteiger partial charge in [-0.1, -0.05) is 30.3 Å². The zero-order valence-electron chi connectivity index (χ0n) is 14.0. The number of nitriles is 1. The Morgan fingerprint density at radius 3 is 2.21 bits per heavy atom. The van der Waals surface area contributed by atoms with E-state index in [2.05, 4.69) is 4.98 Å². The van der Waals surface area contributed by atoms with Gasteiger partial charge in [0.15, 0.2) is 11.7 Å². The fraction of sp³-hybridized carbons (Fsp3) is 0.0556. The molecule has 0 spiro atoms. The van der Waals surface area contributed by atoms with Crippen LogP contribution in [0.5, 0.6) is 0 Å². The van der Waals surface area contributed by atoms with E-state index < -0.39 is 32.9 Å². The van der Waals surface area contributed by atoms with E-state index in [0.29, 0.717) is 5.69 Å². The Morgan fingerprint density at radius 1 is 1.07 bits per heavy atom. The van der Waals surface area contributed by atoms with Crippen molar-refractivity contribution in [3.63, 3.8) is 0 Å². The number of nitro benzene ring substituents is 2. The maximum Gasteiger partial charge on any atom is 0.277 e. The van der Waals surface area contributed by atoms with Crippen LogP contribution in [0.25, 0.3) is 11.3 Å². The molecule has 28 heavy (non-hydrogen) atoms. The first kappa shape index (κ1) is 18.8. The van der Waals surface area contributed by atoms with Crippen molar-refractivity contribution < 1.29 is 14.6 Å². The van der Waals surface area contributed by atoms with E-state index in [9.17, 15) is 30.3 Å². The topological polar surface area (TPSA) is 140 Å². The molecule has 3 aromatic rings. The van der Waals surface area contributed by atoms with E-state index >= 15 is 0 Å².